The zero-order valence-corrected chi connectivity index (χ0v) is 14.3. The van der Waals surface area contributed by atoms with Crippen LogP contribution in [0.25, 0.3) is 0 Å². The summed E-state index contributed by atoms with van der Waals surface area (Å²) in [6.45, 7) is 1.85. The molecule has 1 amide bonds. The number of aliphatic hydroxyl groups is 1. The number of hydrogen-bond acceptors (Lipinski definition) is 6. The number of hydrogen-bond donors (Lipinski definition) is 2. The average molecular weight is 346 g/mol. The Bertz CT molecular complexity index is 744. The number of amides is 1. The molecule has 2 heterocycles. The minimum Gasteiger partial charge on any atom is -0.492 e. The van der Waals surface area contributed by atoms with Crippen LogP contribution >= 0.6 is 0 Å². The van der Waals surface area contributed by atoms with Crippen LogP contribution in [0.4, 0.5) is 5.69 Å². The third-order valence-electron chi connectivity index (χ3n) is 3.73. The van der Waals surface area contributed by atoms with Crippen molar-refractivity contribution in [1.82, 2.24) is 14.7 Å². The SMILES string of the molecule is CN(C)CCOc1cccc(NC(=O)c2cnn3c2OCC(O)C3)c1. The van der Waals surface area contributed by atoms with Crippen LogP contribution in [0.5, 0.6) is 11.6 Å². The lowest BCUT2D eigenvalue weighted by Gasteiger charge is -2.20. The number of ether oxygens (including phenoxy) is 2. The van der Waals surface area contributed by atoms with Crippen molar-refractivity contribution in [2.75, 3.05) is 39.2 Å². The van der Waals surface area contributed by atoms with Crippen molar-refractivity contribution in [3.63, 3.8) is 0 Å². The monoisotopic (exact) mass is 346 g/mol. The number of anilines is 1. The van der Waals surface area contributed by atoms with Gasteiger partial charge in [0.25, 0.3) is 5.91 Å². The Labute approximate surface area is 146 Å². The molecule has 0 fully saturated rings. The molecule has 0 aliphatic carbocycles. The van der Waals surface area contributed by atoms with E-state index in [1.807, 2.05) is 31.1 Å². The molecular formula is C17H22N4O4. The predicted molar refractivity (Wildman–Crippen MR) is 92.2 cm³/mol. The van der Waals surface area contributed by atoms with Gasteiger partial charge in [0.1, 0.15) is 30.6 Å². The van der Waals surface area contributed by atoms with Crippen LogP contribution in [-0.4, -0.2) is 65.7 Å². The maximum absolute atomic E-state index is 12.5. The zero-order valence-electron chi connectivity index (χ0n) is 14.3. The van der Waals surface area contributed by atoms with Gasteiger partial charge in [-0.2, -0.15) is 5.10 Å². The van der Waals surface area contributed by atoms with Crippen LogP contribution in [0, 0.1) is 0 Å². The second-order valence-corrected chi connectivity index (χ2v) is 6.14. The molecule has 3 rings (SSSR count). The zero-order chi connectivity index (χ0) is 17.8. The molecule has 1 aliphatic rings. The number of rotatable bonds is 6. The van der Waals surface area contributed by atoms with Crippen molar-refractivity contribution in [3.8, 4) is 11.6 Å². The fourth-order valence-corrected chi connectivity index (χ4v) is 2.45. The van der Waals surface area contributed by atoms with E-state index in [1.165, 1.54) is 10.9 Å². The lowest BCUT2D eigenvalue weighted by Crippen LogP contribution is -2.30. The molecule has 0 bridgehead atoms. The van der Waals surface area contributed by atoms with E-state index in [1.54, 1.807) is 12.1 Å². The molecule has 1 aliphatic heterocycles. The van der Waals surface area contributed by atoms with Gasteiger partial charge < -0.3 is 24.8 Å². The van der Waals surface area contributed by atoms with Gasteiger partial charge >= 0.3 is 0 Å². The molecule has 134 valence electrons. The summed E-state index contributed by atoms with van der Waals surface area (Å²) in [4.78, 5) is 14.5. The Morgan fingerprint density at radius 1 is 1.52 bits per heavy atom. The van der Waals surface area contributed by atoms with E-state index in [-0.39, 0.29) is 12.5 Å². The van der Waals surface area contributed by atoms with Crippen LogP contribution in [0.3, 0.4) is 0 Å². The van der Waals surface area contributed by atoms with E-state index in [9.17, 15) is 9.90 Å². The summed E-state index contributed by atoms with van der Waals surface area (Å²) in [6.07, 6.45) is 0.833. The number of aromatic nitrogens is 2. The van der Waals surface area contributed by atoms with E-state index < -0.39 is 6.10 Å². The number of carbonyl (C=O) groups is 1. The molecule has 25 heavy (non-hydrogen) atoms. The van der Waals surface area contributed by atoms with Gasteiger partial charge in [-0.3, -0.25) is 4.79 Å². The molecule has 0 saturated carbocycles. The van der Waals surface area contributed by atoms with E-state index >= 15 is 0 Å². The van der Waals surface area contributed by atoms with Gasteiger partial charge in [-0.15, -0.1) is 0 Å². The molecule has 0 radical (unpaired) electrons. The van der Waals surface area contributed by atoms with Crippen molar-refractivity contribution in [2.45, 2.75) is 12.6 Å². The first-order valence-electron chi connectivity index (χ1n) is 8.08. The van der Waals surface area contributed by atoms with Gasteiger partial charge in [0.15, 0.2) is 0 Å². The van der Waals surface area contributed by atoms with Crippen LogP contribution in [0.15, 0.2) is 30.5 Å². The second kappa shape index (κ2) is 7.54. The fraction of sp³-hybridized carbons (Fsp3) is 0.412. The van der Waals surface area contributed by atoms with Crippen molar-refractivity contribution in [3.05, 3.63) is 36.0 Å². The summed E-state index contributed by atoms with van der Waals surface area (Å²) in [5.74, 6) is 0.750. The molecule has 8 nitrogen and oxygen atoms in total. The molecule has 1 aromatic carbocycles. The molecule has 2 aromatic rings. The summed E-state index contributed by atoms with van der Waals surface area (Å²) in [7, 11) is 3.96. The summed E-state index contributed by atoms with van der Waals surface area (Å²) < 4.78 is 12.6. The quantitative estimate of drug-likeness (QED) is 0.805. The minimum absolute atomic E-state index is 0.154. The normalized spacial score (nSPS) is 16.2. The molecule has 1 aromatic heterocycles. The lowest BCUT2D eigenvalue weighted by molar-refractivity contribution is 0.0548. The number of nitrogens with zero attached hydrogens (tertiary/aromatic N) is 3. The molecule has 1 unspecified atom stereocenters. The Kier molecular flexibility index (Phi) is 5.20. The van der Waals surface area contributed by atoms with Crippen LogP contribution in [-0.2, 0) is 6.54 Å². The standard InChI is InChI=1S/C17H22N4O4/c1-20(2)6-7-24-14-5-3-4-12(8-14)19-16(23)15-9-18-21-10-13(22)11-25-17(15)21/h3-5,8-9,13,22H,6-7,10-11H2,1-2H3,(H,19,23). The summed E-state index contributed by atoms with van der Waals surface area (Å²) >= 11 is 0. The largest absolute Gasteiger partial charge is 0.492 e. The highest BCUT2D eigenvalue weighted by atomic mass is 16.5. The van der Waals surface area contributed by atoms with E-state index in [0.29, 0.717) is 36.0 Å². The van der Waals surface area contributed by atoms with Gasteiger partial charge in [-0.25, -0.2) is 4.68 Å². The maximum Gasteiger partial charge on any atom is 0.262 e. The highest BCUT2D eigenvalue weighted by molar-refractivity contribution is 6.05. The summed E-state index contributed by atoms with van der Waals surface area (Å²) in [6, 6.07) is 7.23. The van der Waals surface area contributed by atoms with E-state index in [0.717, 1.165) is 6.54 Å². The first kappa shape index (κ1) is 17.2. The maximum atomic E-state index is 12.5. The summed E-state index contributed by atoms with van der Waals surface area (Å²) in [5.41, 5.74) is 0.967. The van der Waals surface area contributed by atoms with Gasteiger partial charge in [-0.05, 0) is 26.2 Å². The fourth-order valence-electron chi connectivity index (χ4n) is 2.45. The molecule has 0 spiro atoms. The van der Waals surface area contributed by atoms with Crippen molar-refractivity contribution in [1.29, 1.82) is 0 Å². The minimum atomic E-state index is -0.612. The van der Waals surface area contributed by atoms with Gasteiger partial charge in [0.2, 0.25) is 5.88 Å². The molecule has 8 heteroatoms. The lowest BCUT2D eigenvalue weighted by atomic mass is 10.2. The first-order chi connectivity index (χ1) is 12.0. The van der Waals surface area contributed by atoms with Crippen molar-refractivity contribution < 1.29 is 19.4 Å². The third-order valence-corrected chi connectivity index (χ3v) is 3.73. The number of aliphatic hydroxyl groups excluding tert-OH is 1. The van der Waals surface area contributed by atoms with E-state index in [2.05, 4.69) is 10.4 Å². The second-order valence-electron chi connectivity index (χ2n) is 6.14. The Morgan fingerprint density at radius 2 is 2.36 bits per heavy atom. The number of fused-ring (bicyclic) bond motifs is 1. The smallest absolute Gasteiger partial charge is 0.262 e. The average Bonchev–Trinajstić information content (AvgIpc) is 2.98. The highest BCUT2D eigenvalue weighted by Crippen LogP contribution is 2.24. The molecule has 0 saturated heterocycles. The van der Waals surface area contributed by atoms with E-state index in [4.69, 9.17) is 9.47 Å². The Balaban J connectivity index is 1.65. The highest BCUT2D eigenvalue weighted by Gasteiger charge is 2.25. The Morgan fingerprint density at radius 3 is 3.16 bits per heavy atom. The van der Waals surface area contributed by atoms with Gasteiger partial charge in [0, 0.05) is 18.3 Å². The Hall–Kier alpha value is -2.58. The topological polar surface area (TPSA) is 88.9 Å². The molecular weight excluding hydrogens is 324 g/mol. The third kappa shape index (κ3) is 4.28. The molecule has 1 atom stereocenters. The van der Waals surface area contributed by atoms with Crippen molar-refractivity contribution in [2.24, 2.45) is 0 Å². The first-order valence-corrected chi connectivity index (χ1v) is 8.08. The van der Waals surface area contributed by atoms with Gasteiger partial charge in [-0.1, -0.05) is 6.07 Å². The number of nitrogens with one attached hydrogen (secondary N) is 1. The molecule has 2 N–H and O–H groups in total. The van der Waals surface area contributed by atoms with Crippen LogP contribution in [0.1, 0.15) is 10.4 Å². The predicted octanol–water partition coefficient (Wildman–Crippen LogP) is 0.829. The van der Waals surface area contributed by atoms with Crippen molar-refractivity contribution >= 4 is 11.6 Å². The number of likely N-dealkylation sites (N-methyl/N-ethyl adjacent to an activating group) is 1. The number of carbonyl (C=O) groups excluding carboxylic acids is 1. The van der Waals surface area contributed by atoms with Gasteiger partial charge in [0.05, 0.1) is 12.7 Å². The number of benzene rings is 1. The summed E-state index contributed by atoms with van der Waals surface area (Å²) in [5, 5.41) is 16.5. The van der Waals surface area contributed by atoms with Crippen LogP contribution < -0.4 is 14.8 Å². The van der Waals surface area contributed by atoms with Crippen LogP contribution in [0.2, 0.25) is 0 Å².